The maximum Gasteiger partial charge on any atom is 0.0740 e. The Hall–Kier alpha value is -12.5. The molecule has 0 aliphatic heterocycles. The summed E-state index contributed by atoms with van der Waals surface area (Å²) >= 11 is 0. The first kappa shape index (κ1) is 97.2. The van der Waals surface area contributed by atoms with Gasteiger partial charge in [0, 0.05) is 172 Å². The molecule has 0 saturated heterocycles. The molecule has 0 unspecified atom stereocenters. The highest BCUT2D eigenvalue weighted by atomic mass is 16.3. The van der Waals surface area contributed by atoms with Crippen LogP contribution in [0.3, 0.4) is 0 Å². The van der Waals surface area contributed by atoms with Crippen LogP contribution in [-0.2, 0) is 70.4 Å². The smallest absolute Gasteiger partial charge is 0.0740 e. The second-order valence-corrected chi connectivity index (χ2v) is 42.6. The number of rotatable bonds is 5. The fraction of sp³-hybridized carbons (Fsp3) is 0.336. The van der Waals surface area contributed by atoms with Gasteiger partial charge in [0.05, 0.1) is 24.7 Å². The van der Waals surface area contributed by atoms with E-state index in [1.807, 2.05) is 111 Å². The van der Waals surface area contributed by atoms with E-state index in [1.165, 1.54) is 154 Å². The van der Waals surface area contributed by atoms with E-state index < -0.39 is 0 Å². The van der Waals surface area contributed by atoms with Gasteiger partial charge < -0.3 is 20.1 Å². The number of aliphatic hydroxyl groups excluding tert-OH is 1. The van der Waals surface area contributed by atoms with Gasteiger partial charge >= 0.3 is 0 Å². The molecule has 0 atom stereocenters. The van der Waals surface area contributed by atoms with Gasteiger partial charge in [-0.25, -0.2) is 0 Å². The number of para-hydroxylation sites is 2. The molecule has 0 fully saturated rings. The van der Waals surface area contributed by atoms with Crippen LogP contribution in [0.2, 0.25) is 0 Å². The third-order valence-corrected chi connectivity index (χ3v) is 23.6. The summed E-state index contributed by atoms with van der Waals surface area (Å²) in [6.45, 7) is 64.0. The van der Waals surface area contributed by atoms with Crippen LogP contribution in [0, 0.1) is 13.8 Å². The van der Waals surface area contributed by atoms with Crippen molar-refractivity contribution >= 4 is 92.6 Å². The summed E-state index contributed by atoms with van der Waals surface area (Å²) in [7, 11) is 3.86. The van der Waals surface area contributed by atoms with Gasteiger partial charge in [0.1, 0.15) is 0 Å². The summed E-state index contributed by atoms with van der Waals surface area (Å²) in [5, 5.41) is 34.2. The van der Waals surface area contributed by atoms with Crippen molar-refractivity contribution in [3.05, 3.63) is 336 Å². The zero-order valence-electron chi connectivity index (χ0n) is 82.4. The normalized spacial score (nSPS) is 12.0. The Bertz CT molecular complexity index is 6700. The SMILES string of the molecule is C=Cc1cc(C(C)(C)C)c2cnccc2c1.CC(C)(C)c1c[nH]c2ccccc12.CC(C)(C)c1c[nH]c2ccccc12.CC(C)(C)c1cc(CO)cc2ccncc12.CCc1cc(C(C)(C)C)c2cnccc2c1.Cc1cc(C(C)(C)C)c2cnccc2c1.Cc1ccc(C(C)(C)C)c2cnc(-c3cnn(C)c3)cc12.Cn1cc(-c2ccc3c(C(C)(C)C)c[nH]c3c2)cn1. The Labute approximate surface area is 767 Å². The molecular weight excluding hydrogens is 1580 g/mol. The van der Waals surface area contributed by atoms with Crippen LogP contribution in [-0.4, -0.2) is 64.5 Å². The summed E-state index contributed by atoms with van der Waals surface area (Å²) in [6, 6.07) is 55.8. The average molecular weight is 1720 g/mol. The molecule has 0 saturated carbocycles. The number of aromatic nitrogens is 12. The highest BCUT2D eigenvalue weighted by molar-refractivity contribution is 5.94. The number of nitrogens with one attached hydrogen (secondary N) is 3. The number of aryl methyl sites for hydroxylation is 5. The lowest BCUT2D eigenvalue weighted by Crippen LogP contribution is -2.12. The van der Waals surface area contributed by atoms with Gasteiger partial charge in [-0.3, -0.25) is 34.3 Å². The molecule has 8 aromatic carbocycles. The zero-order valence-corrected chi connectivity index (χ0v) is 82.4. The van der Waals surface area contributed by atoms with Crippen molar-refractivity contribution < 1.29 is 5.11 Å². The van der Waals surface area contributed by atoms with Crippen LogP contribution in [0.25, 0.3) is 115 Å². The zero-order chi connectivity index (χ0) is 94.1. The largest absolute Gasteiger partial charge is 0.392 e. The molecule has 0 aliphatic carbocycles. The molecule has 4 N–H and O–H groups in total. The molecule has 0 amide bonds. The molecule has 0 bridgehead atoms. The lowest BCUT2D eigenvalue weighted by atomic mass is 9.83. The standard InChI is InChI=1S/C18H21N3.C16H19N3.C15H19N.C15H17N.C14H17NO.C14H17N.2C12H15N/c1-12-6-7-16(18(2,3)4)15-10-19-17(8-14(12)15)13-9-20-21(5)11-13;1-16(2,3)14-9-17-15-7-11(5-6-13(14)15)12-8-18-19(4)10-12;2*1-5-11-8-12-6-7-16-10-13(12)14(9-11)15(2,3)4;1-14(2,3)13-7-10(9-16)6-11-4-5-15-8-12(11)13;1-10-7-11-5-6-15-9-12(11)13(8-10)14(2,3)4;2*1-12(2,3)10-8-13-11-7-5-4-6-9(10)11/h6-11H,1-5H3;5-10,17H,1-4H3;6-10H,5H2,1-4H3;5-10H,1H2,2-4H3;4-8,16H,9H2,1-3H3;5-9H,1-4H3;2*4-8,13H,1-3H3. The third-order valence-electron chi connectivity index (χ3n) is 23.6. The molecule has 10 aromatic heterocycles. The predicted molar refractivity (Wildman–Crippen MR) is 552 cm³/mol. The monoisotopic (exact) mass is 1720 g/mol. The maximum absolute atomic E-state index is 9.27. The van der Waals surface area contributed by atoms with E-state index in [0.29, 0.717) is 0 Å². The van der Waals surface area contributed by atoms with Gasteiger partial charge in [-0.05, 0) is 224 Å². The van der Waals surface area contributed by atoms with E-state index in [1.54, 1.807) is 10.9 Å². The number of aliphatic hydroxyl groups is 1. The fourth-order valence-corrected chi connectivity index (χ4v) is 16.6. The Morgan fingerprint density at radius 3 is 1.14 bits per heavy atom. The highest BCUT2D eigenvalue weighted by Crippen LogP contribution is 2.40. The quantitative estimate of drug-likeness (QED) is 0.132. The number of pyridine rings is 5. The summed E-state index contributed by atoms with van der Waals surface area (Å²) in [5.41, 5.74) is 26.2. The maximum atomic E-state index is 9.27. The molecule has 13 heteroatoms. The number of hydrogen-bond acceptors (Lipinski definition) is 8. The second-order valence-electron chi connectivity index (χ2n) is 42.6. The molecule has 670 valence electrons. The van der Waals surface area contributed by atoms with Gasteiger partial charge in [-0.1, -0.05) is 288 Å². The highest BCUT2D eigenvalue weighted by Gasteiger charge is 2.26. The van der Waals surface area contributed by atoms with Gasteiger partial charge in [0.2, 0.25) is 0 Å². The molecule has 10 heterocycles. The van der Waals surface area contributed by atoms with Crippen LogP contribution in [0.5, 0.6) is 0 Å². The van der Waals surface area contributed by atoms with Crippen molar-refractivity contribution in [2.45, 2.75) is 243 Å². The molecule has 0 spiro atoms. The fourth-order valence-electron chi connectivity index (χ4n) is 16.6. The number of hydrogen-bond donors (Lipinski definition) is 4. The Morgan fingerprint density at radius 2 is 0.721 bits per heavy atom. The Balaban J connectivity index is 0.000000143. The van der Waals surface area contributed by atoms with Crippen molar-refractivity contribution in [1.29, 1.82) is 0 Å². The lowest BCUT2D eigenvalue weighted by Gasteiger charge is -2.22. The topological polar surface area (TPSA) is 168 Å². The molecular formula is C116H140N12O. The third kappa shape index (κ3) is 24.3. The van der Waals surface area contributed by atoms with E-state index in [2.05, 4.69) is 408 Å². The molecule has 129 heavy (non-hydrogen) atoms. The molecule has 13 nitrogen and oxygen atoms in total. The first-order chi connectivity index (χ1) is 60.5. The first-order valence-electron chi connectivity index (χ1n) is 45.4. The number of benzene rings is 8. The van der Waals surface area contributed by atoms with Crippen molar-refractivity contribution in [2.75, 3.05) is 0 Å². The van der Waals surface area contributed by atoms with Crippen LogP contribution in [0.4, 0.5) is 0 Å². The molecule has 0 aliphatic rings. The van der Waals surface area contributed by atoms with Gasteiger partial charge in [0.15, 0.2) is 0 Å². The van der Waals surface area contributed by atoms with Crippen molar-refractivity contribution in [2.24, 2.45) is 14.1 Å². The second kappa shape index (κ2) is 39.7. The van der Waals surface area contributed by atoms with E-state index in [9.17, 15) is 5.11 Å². The van der Waals surface area contributed by atoms with E-state index in [-0.39, 0.29) is 49.9 Å². The number of aromatic amines is 3. The van der Waals surface area contributed by atoms with Crippen molar-refractivity contribution in [1.82, 2.24) is 59.4 Å². The minimum atomic E-state index is 0.0620. The Morgan fingerprint density at radius 1 is 0.333 bits per heavy atom. The lowest BCUT2D eigenvalue weighted by molar-refractivity contribution is 0.281. The van der Waals surface area contributed by atoms with Gasteiger partial charge in [-0.2, -0.15) is 10.2 Å². The van der Waals surface area contributed by atoms with E-state index >= 15 is 0 Å². The summed E-state index contributed by atoms with van der Waals surface area (Å²) in [4.78, 5) is 31.5. The van der Waals surface area contributed by atoms with Gasteiger partial charge in [-0.15, -0.1) is 0 Å². The Kier molecular flexibility index (Phi) is 29.9. The number of nitrogens with zero attached hydrogens (tertiary/aromatic N) is 9. The minimum absolute atomic E-state index is 0.0620. The van der Waals surface area contributed by atoms with Crippen molar-refractivity contribution in [3.63, 3.8) is 0 Å². The summed E-state index contributed by atoms with van der Waals surface area (Å²) < 4.78 is 3.63. The molecule has 18 aromatic rings. The van der Waals surface area contributed by atoms with Crippen molar-refractivity contribution in [3.8, 4) is 22.4 Å². The van der Waals surface area contributed by atoms with Crippen LogP contribution in [0.15, 0.2) is 263 Å². The van der Waals surface area contributed by atoms with E-state index in [4.69, 9.17) is 0 Å². The van der Waals surface area contributed by atoms with E-state index in [0.717, 1.165) is 34.2 Å². The van der Waals surface area contributed by atoms with Crippen LogP contribution in [0.1, 0.15) is 245 Å². The minimum Gasteiger partial charge on any atom is -0.392 e. The number of H-pyrrole nitrogens is 3. The molecule has 0 radical (unpaired) electrons. The number of fused-ring (bicyclic) bond motifs is 8. The summed E-state index contributed by atoms with van der Waals surface area (Å²) in [6.07, 6.45) is 34.3. The predicted octanol–water partition coefficient (Wildman–Crippen LogP) is 30.2. The first-order valence-corrected chi connectivity index (χ1v) is 45.4. The van der Waals surface area contributed by atoms with Gasteiger partial charge in [0.25, 0.3) is 0 Å². The van der Waals surface area contributed by atoms with Crippen LogP contribution < -0.4 is 0 Å². The summed E-state index contributed by atoms with van der Waals surface area (Å²) in [5.74, 6) is 0. The average Bonchev–Trinajstić information content (AvgIpc) is 1.57. The molecule has 18 rings (SSSR count). The van der Waals surface area contributed by atoms with Crippen LogP contribution >= 0.6 is 0 Å².